The van der Waals surface area contributed by atoms with Crippen LogP contribution in [-0.4, -0.2) is 17.4 Å². The number of esters is 1. The van der Waals surface area contributed by atoms with Gasteiger partial charge in [0.05, 0.1) is 0 Å². The van der Waals surface area contributed by atoms with Gasteiger partial charge in [0.25, 0.3) is 0 Å². The summed E-state index contributed by atoms with van der Waals surface area (Å²) in [5.74, 6) is -0.329. The van der Waals surface area contributed by atoms with Crippen LogP contribution in [0.3, 0.4) is 0 Å². The van der Waals surface area contributed by atoms with Gasteiger partial charge in [-0.1, -0.05) is 13.8 Å². The number of Topliss-reactive ketones (excluding diaryl/α,β-unsaturated/α-hetero) is 1. The SMILES string of the molecule is CC(=O)O[C@]1(C)CCCC(C)(C)C1=O. The average molecular weight is 198 g/mol. The lowest BCUT2D eigenvalue weighted by Crippen LogP contribution is -2.50. The average Bonchev–Trinajstić information content (AvgIpc) is 1.98. The van der Waals surface area contributed by atoms with Gasteiger partial charge in [-0.3, -0.25) is 9.59 Å². The maximum absolute atomic E-state index is 12.0. The van der Waals surface area contributed by atoms with E-state index in [1.54, 1.807) is 6.92 Å². The molecule has 1 fully saturated rings. The van der Waals surface area contributed by atoms with Gasteiger partial charge in [-0.2, -0.15) is 0 Å². The van der Waals surface area contributed by atoms with E-state index < -0.39 is 5.60 Å². The highest BCUT2D eigenvalue weighted by Crippen LogP contribution is 2.39. The molecule has 3 nitrogen and oxygen atoms in total. The maximum Gasteiger partial charge on any atom is 0.303 e. The first kappa shape index (κ1) is 11.2. The van der Waals surface area contributed by atoms with Gasteiger partial charge in [0.15, 0.2) is 11.4 Å². The molecule has 0 aromatic heterocycles. The maximum atomic E-state index is 12.0. The zero-order valence-corrected chi connectivity index (χ0v) is 9.35. The van der Waals surface area contributed by atoms with Crippen LogP contribution in [0.25, 0.3) is 0 Å². The molecule has 0 aromatic rings. The Kier molecular flexibility index (Phi) is 2.70. The van der Waals surface area contributed by atoms with E-state index in [4.69, 9.17) is 4.74 Å². The molecule has 3 heteroatoms. The number of carbonyl (C=O) groups excluding carboxylic acids is 2. The fourth-order valence-electron chi connectivity index (χ4n) is 2.23. The predicted molar refractivity (Wildman–Crippen MR) is 52.8 cm³/mol. The van der Waals surface area contributed by atoms with Crippen LogP contribution < -0.4 is 0 Å². The van der Waals surface area contributed by atoms with Gasteiger partial charge in [-0.05, 0) is 26.2 Å². The van der Waals surface area contributed by atoms with E-state index in [0.717, 1.165) is 12.8 Å². The molecular formula is C11H18O3. The minimum Gasteiger partial charge on any atom is -0.452 e. The number of ketones is 1. The third-order valence-corrected chi connectivity index (χ3v) is 2.92. The molecule has 0 amide bonds. The number of hydrogen-bond donors (Lipinski definition) is 0. The Morgan fingerprint density at radius 1 is 1.29 bits per heavy atom. The Labute approximate surface area is 84.8 Å². The van der Waals surface area contributed by atoms with Gasteiger partial charge >= 0.3 is 5.97 Å². The molecule has 1 atom stereocenters. The van der Waals surface area contributed by atoms with Crippen LogP contribution >= 0.6 is 0 Å². The highest BCUT2D eigenvalue weighted by Gasteiger charge is 2.47. The van der Waals surface area contributed by atoms with Crippen molar-refractivity contribution < 1.29 is 14.3 Å². The van der Waals surface area contributed by atoms with Crippen molar-refractivity contribution in [2.75, 3.05) is 0 Å². The monoisotopic (exact) mass is 198 g/mol. The molecular weight excluding hydrogens is 180 g/mol. The van der Waals surface area contributed by atoms with Crippen molar-refractivity contribution in [1.29, 1.82) is 0 Å². The quantitative estimate of drug-likeness (QED) is 0.606. The molecule has 1 rings (SSSR count). The topological polar surface area (TPSA) is 43.4 Å². The van der Waals surface area contributed by atoms with Crippen LogP contribution in [0.15, 0.2) is 0 Å². The molecule has 0 heterocycles. The molecule has 1 saturated carbocycles. The summed E-state index contributed by atoms with van der Waals surface area (Å²) in [6.45, 7) is 6.89. The number of hydrogen-bond acceptors (Lipinski definition) is 3. The first-order valence-corrected chi connectivity index (χ1v) is 5.02. The van der Waals surface area contributed by atoms with Crippen molar-refractivity contribution in [3.8, 4) is 0 Å². The highest BCUT2D eigenvalue weighted by atomic mass is 16.6. The summed E-state index contributed by atoms with van der Waals surface area (Å²) in [7, 11) is 0. The first-order valence-electron chi connectivity index (χ1n) is 5.02. The largest absolute Gasteiger partial charge is 0.452 e. The van der Waals surface area contributed by atoms with Crippen LogP contribution in [0.1, 0.15) is 47.0 Å². The van der Waals surface area contributed by atoms with E-state index in [2.05, 4.69) is 0 Å². The molecule has 0 unspecified atom stereocenters. The summed E-state index contributed by atoms with van der Waals surface area (Å²) >= 11 is 0. The van der Waals surface area contributed by atoms with E-state index in [-0.39, 0.29) is 17.2 Å². The minimum atomic E-state index is -0.895. The molecule has 0 bridgehead atoms. The second kappa shape index (κ2) is 3.37. The van der Waals surface area contributed by atoms with Gasteiger partial charge in [-0.15, -0.1) is 0 Å². The van der Waals surface area contributed by atoms with Crippen molar-refractivity contribution in [3.05, 3.63) is 0 Å². The third kappa shape index (κ3) is 1.97. The van der Waals surface area contributed by atoms with E-state index in [1.165, 1.54) is 6.92 Å². The Balaban J connectivity index is 2.88. The van der Waals surface area contributed by atoms with Gasteiger partial charge in [0.2, 0.25) is 0 Å². The Hall–Kier alpha value is -0.860. The van der Waals surface area contributed by atoms with Gasteiger partial charge in [0, 0.05) is 12.3 Å². The van der Waals surface area contributed by atoms with Crippen LogP contribution in [0, 0.1) is 5.41 Å². The highest BCUT2D eigenvalue weighted by molar-refractivity contribution is 5.93. The Morgan fingerprint density at radius 3 is 2.36 bits per heavy atom. The zero-order chi connectivity index (χ0) is 11.0. The van der Waals surface area contributed by atoms with Crippen molar-refractivity contribution in [3.63, 3.8) is 0 Å². The minimum absolute atomic E-state index is 0.0476. The summed E-state index contributed by atoms with van der Waals surface area (Å²) in [5.41, 5.74) is -1.25. The van der Waals surface area contributed by atoms with Crippen LogP contribution in [0.2, 0.25) is 0 Å². The van der Waals surface area contributed by atoms with Gasteiger partial charge < -0.3 is 4.74 Å². The molecule has 1 aliphatic rings. The third-order valence-electron chi connectivity index (χ3n) is 2.92. The molecule has 0 N–H and O–H groups in total. The van der Waals surface area contributed by atoms with Crippen LogP contribution in [0.5, 0.6) is 0 Å². The van der Waals surface area contributed by atoms with Gasteiger partial charge in [-0.25, -0.2) is 0 Å². The van der Waals surface area contributed by atoms with Crippen molar-refractivity contribution in [2.45, 2.75) is 52.6 Å². The summed E-state index contributed by atoms with van der Waals surface area (Å²) in [5, 5.41) is 0. The second-order valence-corrected chi connectivity index (χ2v) is 4.89. The van der Waals surface area contributed by atoms with Crippen molar-refractivity contribution in [2.24, 2.45) is 5.41 Å². The lowest BCUT2D eigenvalue weighted by molar-refractivity contribution is -0.172. The summed E-state index contributed by atoms with van der Waals surface area (Å²) in [6, 6.07) is 0. The normalized spacial score (nSPS) is 31.3. The summed E-state index contributed by atoms with van der Waals surface area (Å²) < 4.78 is 5.14. The van der Waals surface area contributed by atoms with E-state index in [1.807, 2.05) is 13.8 Å². The zero-order valence-electron chi connectivity index (χ0n) is 9.35. The number of carbonyl (C=O) groups is 2. The van der Waals surface area contributed by atoms with Crippen molar-refractivity contribution in [1.82, 2.24) is 0 Å². The summed E-state index contributed by atoms with van der Waals surface area (Å²) in [4.78, 5) is 22.9. The Bertz CT molecular complexity index is 268. The predicted octanol–water partition coefficient (Wildman–Crippen LogP) is 2.09. The molecule has 1 aliphatic carbocycles. The molecule has 80 valence electrons. The molecule has 0 radical (unpaired) electrons. The van der Waals surface area contributed by atoms with E-state index in [9.17, 15) is 9.59 Å². The lowest BCUT2D eigenvalue weighted by Gasteiger charge is -2.39. The molecule has 14 heavy (non-hydrogen) atoms. The van der Waals surface area contributed by atoms with Crippen molar-refractivity contribution >= 4 is 11.8 Å². The molecule has 0 aliphatic heterocycles. The molecule has 0 spiro atoms. The molecule has 0 aromatic carbocycles. The van der Waals surface area contributed by atoms with E-state index in [0.29, 0.717) is 6.42 Å². The fraction of sp³-hybridized carbons (Fsp3) is 0.818. The first-order chi connectivity index (χ1) is 6.28. The number of ether oxygens (including phenoxy) is 1. The van der Waals surface area contributed by atoms with Crippen LogP contribution in [-0.2, 0) is 14.3 Å². The standard InChI is InChI=1S/C11H18O3/c1-8(12)14-11(4)7-5-6-10(2,3)9(11)13/h5-7H2,1-4H3/t11-/m1/s1. The smallest absolute Gasteiger partial charge is 0.303 e. The van der Waals surface area contributed by atoms with Crippen LogP contribution in [0.4, 0.5) is 0 Å². The van der Waals surface area contributed by atoms with Gasteiger partial charge in [0.1, 0.15) is 0 Å². The lowest BCUT2D eigenvalue weighted by atomic mass is 9.69. The number of rotatable bonds is 1. The van der Waals surface area contributed by atoms with E-state index >= 15 is 0 Å². The Morgan fingerprint density at radius 2 is 1.86 bits per heavy atom. The second-order valence-electron chi connectivity index (χ2n) is 4.89. The summed E-state index contributed by atoms with van der Waals surface area (Å²) in [6.07, 6.45) is 2.46. The molecule has 0 saturated heterocycles. The fourth-order valence-corrected chi connectivity index (χ4v) is 2.23.